The average molecular weight is 95.1 g/mol. The van der Waals surface area contributed by atoms with Crippen LogP contribution in [0.1, 0.15) is 0 Å². The van der Waals surface area contributed by atoms with E-state index in [1.807, 2.05) is 6.08 Å². The largest absolute Gasteiger partial charge is 0.391 e. The van der Waals surface area contributed by atoms with Gasteiger partial charge in [0.15, 0.2) is 0 Å². The fourth-order valence-electron chi connectivity index (χ4n) is 0.258. The van der Waals surface area contributed by atoms with Gasteiger partial charge in [0.25, 0.3) is 0 Å². The molecule has 1 aliphatic rings. The molecule has 7 heavy (non-hydrogen) atoms. The minimum atomic E-state index is 0. The van der Waals surface area contributed by atoms with E-state index in [1.165, 1.54) is 0 Å². The highest BCUT2D eigenvalue weighted by Gasteiger charge is 1.72. The lowest BCUT2D eigenvalue weighted by atomic mass is 10.6. The van der Waals surface area contributed by atoms with E-state index in [2.05, 4.69) is 10.3 Å². The van der Waals surface area contributed by atoms with Gasteiger partial charge in [0.2, 0.25) is 0 Å². The van der Waals surface area contributed by atoms with Gasteiger partial charge in [0.05, 0.1) is 0 Å². The lowest BCUT2D eigenvalue weighted by Crippen LogP contribution is -2.01. The van der Waals surface area contributed by atoms with Gasteiger partial charge in [-0.1, -0.05) is 0 Å². The summed E-state index contributed by atoms with van der Waals surface area (Å²) in [6.45, 7) is 0. The van der Waals surface area contributed by atoms with E-state index in [0.717, 1.165) is 0 Å². The van der Waals surface area contributed by atoms with Crippen LogP contribution in [-0.2, 0) is 4.84 Å². The van der Waals surface area contributed by atoms with Crippen molar-refractivity contribution in [1.29, 1.82) is 0 Å². The Balaban J connectivity index is 0.000000360. The lowest BCUT2D eigenvalue weighted by Gasteiger charge is -1.97. The Bertz CT molecular complexity index is 74.1. The molecule has 0 fully saturated rings. The molecule has 1 heterocycles. The van der Waals surface area contributed by atoms with Crippen molar-refractivity contribution < 1.29 is 4.84 Å². The Morgan fingerprint density at radius 1 is 1.29 bits per heavy atom. The van der Waals surface area contributed by atoms with E-state index >= 15 is 0 Å². The zero-order valence-electron chi connectivity index (χ0n) is 3.72. The molecule has 0 atom stereocenters. The van der Waals surface area contributed by atoms with Gasteiger partial charge >= 0.3 is 0 Å². The second-order valence-electron chi connectivity index (χ2n) is 0.923. The molecule has 0 aromatic carbocycles. The summed E-state index contributed by atoms with van der Waals surface area (Å²) in [6.07, 6.45) is 6.93. The van der Waals surface area contributed by atoms with Gasteiger partial charge in [-0.2, -0.15) is 0 Å². The first-order valence-electron chi connectivity index (χ1n) is 1.73. The SMILES string of the molecule is C1=CNOC=C1.[C]. The quantitative estimate of drug-likeness (QED) is 0.476. The second-order valence-corrected chi connectivity index (χ2v) is 0.923. The first-order valence-corrected chi connectivity index (χ1v) is 1.73. The van der Waals surface area contributed by atoms with Gasteiger partial charge in [0, 0.05) is 13.6 Å². The summed E-state index contributed by atoms with van der Waals surface area (Å²) >= 11 is 0. The second kappa shape index (κ2) is 3.28. The minimum absolute atomic E-state index is 0. The molecule has 0 saturated heterocycles. The normalized spacial score (nSPS) is 13.7. The topological polar surface area (TPSA) is 21.3 Å². The molecule has 0 spiro atoms. The summed E-state index contributed by atoms with van der Waals surface area (Å²) in [5, 5.41) is 0. The van der Waals surface area contributed by atoms with Gasteiger partial charge in [-0.15, -0.1) is 0 Å². The first-order chi connectivity index (χ1) is 3.00. The molecule has 4 radical (unpaired) electrons. The van der Waals surface area contributed by atoms with Crippen molar-refractivity contribution in [2.45, 2.75) is 0 Å². The van der Waals surface area contributed by atoms with Crippen molar-refractivity contribution in [3.63, 3.8) is 0 Å². The molecule has 0 aliphatic carbocycles. The number of hydroxylamine groups is 1. The molecule has 0 saturated carbocycles. The Kier molecular flexibility index (Phi) is 2.85. The molecule has 2 nitrogen and oxygen atoms in total. The molecule has 0 amide bonds. The molecule has 1 aliphatic heterocycles. The van der Waals surface area contributed by atoms with E-state index in [9.17, 15) is 0 Å². The lowest BCUT2D eigenvalue weighted by molar-refractivity contribution is 0.172. The van der Waals surface area contributed by atoms with E-state index in [-0.39, 0.29) is 7.43 Å². The van der Waals surface area contributed by atoms with Crippen LogP contribution in [0.2, 0.25) is 0 Å². The number of rotatable bonds is 0. The summed E-state index contributed by atoms with van der Waals surface area (Å²) in [6, 6.07) is 0. The predicted octanol–water partition coefficient (Wildman–Crippen LogP) is 0.630. The van der Waals surface area contributed by atoms with Crippen molar-refractivity contribution >= 4 is 0 Å². The molecular formula is C5H5NO. The van der Waals surface area contributed by atoms with Gasteiger partial charge in [-0.25, -0.2) is 5.48 Å². The van der Waals surface area contributed by atoms with Crippen molar-refractivity contribution in [2.24, 2.45) is 0 Å². The van der Waals surface area contributed by atoms with Gasteiger partial charge in [-0.3, -0.25) is 0 Å². The minimum Gasteiger partial charge on any atom is -0.391 e. The fourth-order valence-corrected chi connectivity index (χ4v) is 0.258. The summed E-state index contributed by atoms with van der Waals surface area (Å²) in [5.41, 5.74) is 2.52. The maximum Gasteiger partial charge on any atom is 0.119 e. The first kappa shape index (κ1) is 6.08. The Hall–Kier alpha value is -0.920. The Morgan fingerprint density at radius 2 is 2.14 bits per heavy atom. The molecular weight excluding hydrogens is 90.1 g/mol. The van der Waals surface area contributed by atoms with Crippen LogP contribution in [0.5, 0.6) is 0 Å². The molecule has 1 rings (SSSR count). The highest BCUT2D eigenvalue weighted by atomic mass is 16.6. The summed E-state index contributed by atoms with van der Waals surface area (Å²) < 4.78 is 0. The van der Waals surface area contributed by atoms with E-state index < -0.39 is 0 Å². The van der Waals surface area contributed by atoms with Crippen molar-refractivity contribution in [2.75, 3.05) is 0 Å². The Labute approximate surface area is 43.4 Å². The molecule has 0 aromatic heterocycles. The van der Waals surface area contributed by atoms with Crippen LogP contribution in [0.3, 0.4) is 0 Å². The van der Waals surface area contributed by atoms with Gasteiger partial charge in [0.1, 0.15) is 6.26 Å². The third kappa shape index (κ3) is 1.87. The third-order valence-electron chi connectivity index (χ3n) is 0.490. The zero-order valence-corrected chi connectivity index (χ0v) is 3.72. The highest BCUT2D eigenvalue weighted by Crippen LogP contribution is 1.80. The highest BCUT2D eigenvalue weighted by molar-refractivity contribution is 5.00. The maximum atomic E-state index is 4.55. The smallest absolute Gasteiger partial charge is 0.119 e. The molecule has 0 aromatic rings. The van der Waals surface area contributed by atoms with Crippen LogP contribution in [0, 0.1) is 7.43 Å². The molecule has 2 heteroatoms. The molecule has 0 bridgehead atoms. The number of hydrogen-bond acceptors (Lipinski definition) is 2. The Morgan fingerprint density at radius 3 is 2.29 bits per heavy atom. The molecule has 1 N–H and O–H groups in total. The van der Waals surface area contributed by atoms with Crippen molar-refractivity contribution in [3.8, 4) is 0 Å². The third-order valence-corrected chi connectivity index (χ3v) is 0.490. The standard InChI is InChI=1S/C4H5NO.C/c1-2-4-6-5-3-1;/h1-5H;. The van der Waals surface area contributed by atoms with Crippen LogP contribution >= 0.6 is 0 Å². The number of hydrogen-bond donors (Lipinski definition) is 1. The van der Waals surface area contributed by atoms with E-state index in [1.54, 1.807) is 18.5 Å². The van der Waals surface area contributed by atoms with E-state index in [0.29, 0.717) is 0 Å². The summed E-state index contributed by atoms with van der Waals surface area (Å²) in [4.78, 5) is 4.55. The number of nitrogens with one attached hydrogen (secondary N) is 1. The van der Waals surface area contributed by atoms with E-state index in [4.69, 9.17) is 0 Å². The van der Waals surface area contributed by atoms with Crippen LogP contribution in [-0.4, -0.2) is 0 Å². The summed E-state index contributed by atoms with van der Waals surface area (Å²) in [5.74, 6) is 0. The van der Waals surface area contributed by atoms with Crippen LogP contribution in [0.25, 0.3) is 0 Å². The van der Waals surface area contributed by atoms with Crippen molar-refractivity contribution in [3.05, 3.63) is 32.0 Å². The van der Waals surface area contributed by atoms with Crippen LogP contribution < -0.4 is 5.48 Å². The van der Waals surface area contributed by atoms with Crippen LogP contribution in [0.4, 0.5) is 0 Å². The molecule has 0 unspecified atom stereocenters. The average Bonchev–Trinajstić information content (AvgIpc) is 1.72. The van der Waals surface area contributed by atoms with Gasteiger partial charge in [-0.05, 0) is 12.2 Å². The predicted molar refractivity (Wildman–Crippen MR) is 25.7 cm³/mol. The fraction of sp³-hybridized carbons (Fsp3) is 0. The zero-order chi connectivity index (χ0) is 4.24. The maximum absolute atomic E-state index is 4.55. The number of allylic oxidation sites excluding steroid dienone is 2. The molecule has 36 valence electrons. The monoisotopic (exact) mass is 95.0 g/mol. The summed E-state index contributed by atoms with van der Waals surface area (Å²) in [7, 11) is 0. The van der Waals surface area contributed by atoms with Gasteiger partial charge < -0.3 is 4.84 Å². The van der Waals surface area contributed by atoms with Crippen LogP contribution in [0.15, 0.2) is 24.6 Å². The van der Waals surface area contributed by atoms with Crippen molar-refractivity contribution in [1.82, 2.24) is 5.48 Å².